The number of unbranched alkanes of at least 4 members (excludes halogenated alkanes) is 17. The third kappa shape index (κ3) is 47.2. The molecular weight excluding hydrogens is 741 g/mol. The lowest BCUT2D eigenvalue weighted by atomic mass is 10.0. The van der Waals surface area contributed by atoms with Crippen molar-refractivity contribution in [2.45, 2.75) is 213 Å². The van der Waals surface area contributed by atoms with E-state index in [1.165, 1.54) is 96.3 Å². The number of carbonyl (C=O) groups excluding carboxylic acids is 2. The van der Waals surface area contributed by atoms with Crippen LogP contribution in [0.1, 0.15) is 206 Å². The number of hydrogen-bond donors (Lipinski definition) is 1. The SMILES string of the molecule is CC/C=C\C/C=C\C/C=C\C/C=C\C/C=C\CCCCCCCCCCCCCCCCCCCC(=O)OC(CO)COC(=O)CC/C=C\C/C=C\C/C=C\C/C=C\CC. The van der Waals surface area contributed by atoms with Gasteiger partial charge in [0.05, 0.1) is 6.61 Å². The predicted molar refractivity (Wildman–Crippen MR) is 260 cm³/mol. The van der Waals surface area contributed by atoms with Gasteiger partial charge in [-0.1, -0.05) is 220 Å². The van der Waals surface area contributed by atoms with Crippen molar-refractivity contribution in [3.63, 3.8) is 0 Å². The van der Waals surface area contributed by atoms with Gasteiger partial charge in [0.1, 0.15) is 6.61 Å². The lowest BCUT2D eigenvalue weighted by Crippen LogP contribution is -2.28. The molecule has 1 atom stereocenters. The molecule has 0 aromatic rings. The van der Waals surface area contributed by atoms with Crippen molar-refractivity contribution in [2.24, 2.45) is 0 Å². The van der Waals surface area contributed by atoms with Gasteiger partial charge in [-0.05, 0) is 83.5 Å². The minimum absolute atomic E-state index is 0.108. The molecule has 5 nitrogen and oxygen atoms in total. The third-order valence-electron chi connectivity index (χ3n) is 10.1. The van der Waals surface area contributed by atoms with Crippen LogP contribution in [-0.4, -0.2) is 36.4 Å². The Hall–Kier alpha value is -3.44. The number of allylic oxidation sites excluding steroid dienone is 18. The molecule has 0 amide bonds. The van der Waals surface area contributed by atoms with Gasteiger partial charge in [-0.25, -0.2) is 0 Å². The van der Waals surface area contributed by atoms with Gasteiger partial charge < -0.3 is 14.6 Å². The molecule has 0 bridgehead atoms. The topological polar surface area (TPSA) is 72.8 Å². The molecule has 0 rings (SSSR count). The second-order valence-corrected chi connectivity index (χ2v) is 15.8. The highest BCUT2D eigenvalue weighted by Gasteiger charge is 2.16. The molecule has 0 aliphatic rings. The van der Waals surface area contributed by atoms with Crippen LogP contribution in [0.3, 0.4) is 0 Å². The summed E-state index contributed by atoms with van der Waals surface area (Å²) in [7, 11) is 0. The number of ether oxygens (including phenoxy) is 2. The number of aliphatic hydroxyl groups is 1. The van der Waals surface area contributed by atoms with Crippen LogP contribution in [-0.2, 0) is 19.1 Å². The minimum atomic E-state index is -0.805. The van der Waals surface area contributed by atoms with Crippen LogP contribution in [0.4, 0.5) is 0 Å². The summed E-state index contributed by atoms with van der Waals surface area (Å²) in [6.45, 7) is 3.84. The summed E-state index contributed by atoms with van der Waals surface area (Å²) in [6, 6.07) is 0. The van der Waals surface area contributed by atoms with Gasteiger partial charge >= 0.3 is 11.9 Å². The Kier molecular flexibility index (Phi) is 47.1. The fourth-order valence-corrected chi connectivity index (χ4v) is 6.48. The van der Waals surface area contributed by atoms with E-state index in [1.54, 1.807) is 0 Å². The number of aliphatic hydroxyl groups excluding tert-OH is 1. The lowest BCUT2D eigenvalue weighted by molar-refractivity contribution is -0.161. The summed E-state index contributed by atoms with van der Waals surface area (Å²) in [5.41, 5.74) is 0. The molecule has 0 aliphatic heterocycles. The fraction of sp³-hybridized carbons (Fsp3) is 0.636. The van der Waals surface area contributed by atoms with Crippen LogP contribution >= 0.6 is 0 Å². The van der Waals surface area contributed by atoms with E-state index in [0.717, 1.165) is 77.0 Å². The van der Waals surface area contributed by atoms with E-state index in [-0.39, 0.29) is 31.6 Å². The first kappa shape index (κ1) is 56.6. The number of carbonyl (C=O) groups is 2. The number of esters is 2. The molecule has 0 spiro atoms. The highest BCUT2D eigenvalue weighted by Crippen LogP contribution is 2.15. The van der Waals surface area contributed by atoms with Crippen LogP contribution in [0.15, 0.2) is 109 Å². The molecule has 0 saturated carbocycles. The summed E-state index contributed by atoms with van der Waals surface area (Å²) in [6.07, 6.45) is 72.1. The zero-order valence-electron chi connectivity index (χ0n) is 38.7. The molecule has 60 heavy (non-hydrogen) atoms. The van der Waals surface area contributed by atoms with Crippen LogP contribution in [0, 0.1) is 0 Å². The van der Waals surface area contributed by atoms with E-state index >= 15 is 0 Å². The third-order valence-corrected chi connectivity index (χ3v) is 10.1. The van der Waals surface area contributed by atoms with Gasteiger partial charge in [-0.2, -0.15) is 0 Å². The maximum atomic E-state index is 12.2. The smallest absolute Gasteiger partial charge is 0.306 e. The molecule has 0 saturated heterocycles. The predicted octanol–water partition coefficient (Wildman–Crippen LogP) is 16.2. The second kappa shape index (κ2) is 49.9. The summed E-state index contributed by atoms with van der Waals surface area (Å²) < 4.78 is 10.6. The standard InChI is InChI=1S/C55H90O5/c1-3-5-7-9-11-13-15-17-18-19-20-21-22-23-24-25-26-27-28-29-30-31-32-33-34-35-36-38-40-42-44-46-48-50-55(58)60-53(51-56)52-59-54(57)49-47-45-43-41-39-37-16-14-12-10-8-6-4-2/h5-8,11-14,17-18,20-21,23-24,37,39,43,45,53,56H,3-4,9-10,15-16,19,22,25-36,38,40-42,44,46-52H2,1-2H3/b7-5-,8-6-,13-11-,14-12-,18-17-,21-20-,24-23-,39-37-,45-43-. The molecule has 0 aromatic heterocycles. The van der Waals surface area contributed by atoms with Crippen LogP contribution in [0.2, 0.25) is 0 Å². The number of hydrogen-bond acceptors (Lipinski definition) is 5. The Morgan fingerprint density at radius 2 is 0.700 bits per heavy atom. The maximum Gasteiger partial charge on any atom is 0.306 e. The molecule has 1 unspecified atom stereocenters. The van der Waals surface area contributed by atoms with Crippen molar-refractivity contribution in [3.8, 4) is 0 Å². The molecule has 0 aliphatic carbocycles. The quantitative estimate of drug-likeness (QED) is 0.0376. The van der Waals surface area contributed by atoms with Crippen LogP contribution in [0.25, 0.3) is 0 Å². The van der Waals surface area contributed by atoms with E-state index in [1.807, 2.05) is 12.2 Å². The first-order valence-electron chi connectivity index (χ1n) is 24.4. The maximum absolute atomic E-state index is 12.2. The van der Waals surface area contributed by atoms with E-state index in [4.69, 9.17) is 9.47 Å². The van der Waals surface area contributed by atoms with Crippen LogP contribution < -0.4 is 0 Å². The molecule has 0 radical (unpaired) electrons. The lowest BCUT2D eigenvalue weighted by Gasteiger charge is -2.15. The summed E-state index contributed by atoms with van der Waals surface area (Å²) in [5, 5.41) is 9.58. The van der Waals surface area contributed by atoms with Gasteiger partial charge in [0.15, 0.2) is 6.10 Å². The first-order chi connectivity index (χ1) is 29.6. The zero-order valence-corrected chi connectivity index (χ0v) is 38.7. The Morgan fingerprint density at radius 1 is 0.383 bits per heavy atom. The molecule has 0 aromatic carbocycles. The molecule has 5 heteroatoms. The van der Waals surface area contributed by atoms with E-state index in [2.05, 4.69) is 111 Å². The minimum Gasteiger partial charge on any atom is -0.462 e. The summed E-state index contributed by atoms with van der Waals surface area (Å²) >= 11 is 0. The average molecular weight is 831 g/mol. The Bertz CT molecular complexity index is 1210. The van der Waals surface area contributed by atoms with Crippen molar-refractivity contribution in [2.75, 3.05) is 13.2 Å². The highest BCUT2D eigenvalue weighted by atomic mass is 16.6. The normalized spacial score (nSPS) is 13.2. The summed E-state index contributed by atoms with van der Waals surface area (Å²) in [5.74, 6) is -0.689. The van der Waals surface area contributed by atoms with E-state index in [9.17, 15) is 14.7 Å². The van der Waals surface area contributed by atoms with Crippen molar-refractivity contribution in [1.29, 1.82) is 0 Å². The van der Waals surface area contributed by atoms with Crippen molar-refractivity contribution >= 4 is 11.9 Å². The van der Waals surface area contributed by atoms with Gasteiger partial charge in [-0.15, -0.1) is 0 Å². The number of rotatable bonds is 43. The Balaban J connectivity index is 3.52. The Morgan fingerprint density at radius 3 is 1.07 bits per heavy atom. The van der Waals surface area contributed by atoms with Gasteiger partial charge in [0.2, 0.25) is 0 Å². The first-order valence-corrected chi connectivity index (χ1v) is 24.4. The van der Waals surface area contributed by atoms with E-state index in [0.29, 0.717) is 12.8 Å². The molecule has 0 heterocycles. The van der Waals surface area contributed by atoms with Crippen molar-refractivity contribution in [3.05, 3.63) is 109 Å². The monoisotopic (exact) mass is 831 g/mol. The van der Waals surface area contributed by atoms with E-state index < -0.39 is 6.10 Å². The zero-order chi connectivity index (χ0) is 43.5. The molecular formula is C55H90O5. The Labute approximate surface area is 370 Å². The molecule has 0 fully saturated rings. The van der Waals surface area contributed by atoms with Gasteiger partial charge in [-0.3, -0.25) is 9.59 Å². The van der Waals surface area contributed by atoms with Crippen LogP contribution in [0.5, 0.6) is 0 Å². The highest BCUT2D eigenvalue weighted by molar-refractivity contribution is 5.70. The van der Waals surface area contributed by atoms with Gasteiger partial charge in [0.25, 0.3) is 0 Å². The average Bonchev–Trinajstić information content (AvgIpc) is 3.25. The summed E-state index contributed by atoms with van der Waals surface area (Å²) in [4.78, 5) is 24.3. The molecule has 1 N–H and O–H groups in total. The van der Waals surface area contributed by atoms with Crippen molar-refractivity contribution < 1.29 is 24.2 Å². The van der Waals surface area contributed by atoms with Crippen molar-refractivity contribution in [1.82, 2.24) is 0 Å². The van der Waals surface area contributed by atoms with Gasteiger partial charge in [0, 0.05) is 12.8 Å². The fourth-order valence-electron chi connectivity index (χ4n) is 6.48. The molecule has 340 valence electrons. The second-order valence-electron chi connectivity index (χ2n) is 15.8. The largest absolute Gasteiger partial charge is 0.462 e.